The molecule has 0 unspecified atom stereocenters. The van der Waals surface area contributed by atoms with Gasteiger partial charge in [-0.1, -0.05) is 0 Å². The highest BCUT2D eigenvalue weighted by Crippen LogP contribution is 2.25. The highest BCUT2D eigenvalue weighted by atomic mass is 16.6. The van der Waals surface area contributed by atoms with Gasteiger partial charge in [-0.15, -0.1) is 0 Å². The number of nitrogens with one attached hydrogen (secondary N) is 1. The largest absolute Gasteiger partial charge is 0.383 e. The van der Waals surface area contributed by atoms with Crippen molar-refractivity contribution >= 4 is 11.4 Å². The van der Waals surface area contributed by atoms with E-state index in [1.807, 2.05) is 6.92 Å². The molecule has 0 bridgehead atoms. The molecule has 0 saturated heterocycles. The zero-order valence-electron chi connectivity index (χ0n) is 10.6. The van der Waals surface area contributed by atoms with E-state index in [-0.39, 0.29) is 5.69 Å². The van der Waals surface area contributed by atoms with Crippen molar-refractivity contribution < 1.29 is 14.4 Å². The lowest BCUT2D eigenvalue weighted by atomic mass is 10.2. The second kappa shape index (κ2) is 7.62. The molecular formula is C12H18N2O4. The van der Waals surface area contributed by atoms with Crippen molar-refractivity contribution in [2.24, 2.45) is 0 Å². The number of ether oxygens (including phenoxy) is 2. The van der Waals surface area contributed by atoms with Gasteiger partial charge < -0.3 is 14.8 Å². The van der Waals surface area contributed by atoms with Crippen molar-refractivity contribution in [2.45, 2.75) is 13.5 Å². The van der Waals surface area contributed by atoms with Crippen molar-refractivity contribution in [1.82, 2.24) is 0 Å². The quantitative estimate of drug-likeness (QED) is 0.437. The molecule has 0 atom stereocenters. The van der Waals surface area contributed by atoms with Gasteiger partial charge in [-0.25, -0.2) is 0 Å². The first kappa shape index (κ1) is 14.4. The van der Waals surface area contributed by atoms with Crippen molar-refractivity contribution in [3.8, 4) is 0 Å². The van der Waals surface area contributed by atoms with Gasteiger partial charge in [-0.05, 0) is 24.6 Å². The topological polar surface area (TPSA) is 73.6 Å². The minimum Gasteiger partial charge on any atom is -0.383 e. The molecule has 6 heteroatoms. The molecule has 0 aliphatic rings. The minimum absolute atomic E-state index is 0.0653. The molecule has 0 amide bonds. The maximum Gasteiger partial charge on any atom is 0.292 e. The van der Waals surface area contributed by atoms with Crippen LogP contribution in [-0.2, 0) is 16.1 Å². The van der Waals surface area contributed by atoms with E-state index in [0.717, 1.165) is 5.56 Å². The molecule has 0 fully saturated rings. The van der Waals surface area contributed by atoms with E-state index >= 15 is 0 Å². The van der Waals surface area contributed by atoms with Gasteiger partial charge >= 0.3 is 0 Å². The summed E-state index contributed by atoms with van der Waals surface area (Å²) >= 11 is 0. The molecule has 0 aliphatic carbocycles. The summed E-state index contributed by atoms with van der Waals surface area (Å²) in [6, 6.07) is 4.89. The van der Waals surface area contributed by atoms with Gasteiger partial charge in [0.15, 0.2) is 0 Å². The normalized spacial score (nSPS) is 10.3. The van der Waals surface area contributed by atoms with Gasteiger partial charge in [-0.3, -0.25) is 10.1 Å². The Hall–Kier alpha value is -1.66. The molecule has 0 heterocycles. The predicted molar refractivity (Wildman–Crippen MR) is 68.8 cm³/mol. The Morgan fingerprint density at radius 1 is 1.33 bits per heavy atom. The number of benzene rings is 1. The van der Waals surface area contributed by atoms with Crippen LogP contribution in [0.2, 0.25) is 0 Å². The highest BCUT2D eigenvalue weighted by molar-refractivity contribution is 5.62. The first-order chi connectivity index (χ1) is 8.69. The molecule has 100 valence electrons. The van der Waals surface area contributed by atoms with Crippen molar-refractivity contribution in [1.29, 1.82) is 0 Å². The molecule has 1 N–H and O–H groups in total. The fourth-order valence-electron chi connectivity index (χ4n) is 1.48. The minimum atomic E-state index is -0.411. The smallest absolute Gasteiger partial charge is 0.292 e. The van der Waals surface area contributed by atoms with Crippen molar-refractivity contribution in [3.05, 3.63) is 33.9 Å². The molecule has 0 saturated carbocycles. The number of nitrogens with zero attached hydrogens (tertiary/aromatic N) is 1. The summed E-state index contributed by atoms with van der Waals surface area (Å²) in [6.45, 7) is 4.09. The van der Waals surface area contributed by atoms with Crippen LogP contribution >= 0.6 is 0 Å². The number of rotatable bonds is 8. The summed E-state index contributed by atoms with van der Waals surface area (Å²) in [5.41, 5.74) is 1.45. The van der Waals surface area contributed by atoms with Crippen LogP contribution in [-0.4, -0.2) is 31.8 Å². The van der Waals surface area contributed by atoms with E-state index in [2.05, 4.69) is 5.32 Å². The third-order valence-electron chi connectivity index (χ3n) is 2.37. The summed E-state index contributed by atoms with van der Waals surface area (Å²) in [7, 11) is 1.65. The van der Waals surface area contributed by atoms with Crippen LogP contribution in [0.1, 0.15) is 12.5 Å². The maximum absolute atomic E-state index is 10.7. The number of hydrogen-bond acceptors (Lipinski definition) is 5. The van der Waals surface area contributed by atoms with Crippen LogP contribution in [0, 0.1) is 10.1 Å². The summed E-state index contributed by atoms with van der Waals surface area (Å²) < 4.78 is 10.5. The highest BCUT2D eigenvalue weighted by Gasteiger charge is 2.12. The summed E-state index contributed by atoms with van der Waals surface area (Å²) in [5, 5.41) is 13.5. The van der Waals surface area contributed by atoms with E-state index in [9.17, 15) is 10.1 Å². The fourth-order valence-corrected chi connectivity index (χ4v) is 1.48. The molecule has 18 heavy (non-hydrogen) atoms. The standard InChI is InChI=1S/C12H18N2O4/c1-3-17-6-7-18-9-10-4-5-12(14(15)16)11(8-10)13-2/h4-5,8,13H,3,6-7,9H2,1-2H3. The SMILES string of the molecule is CCOCCOCc1ccc([N+](=O)[O-])c(NC)c1. The zero-order valence-corrected chi connectivity index (χ0v) is 10.6. The average molecular weight is 254 g/mol. The number of anilines is 1. The lowest BCUT2D eigenvalue weighted by Crippen LogP contribution is -2.04. The first-order valence-electron chi connectivity index (χ1n) is 5.79. The molecule has 6 nitrogen and oxygen atoms in total. The Kier molecular flexibility index (Phi) is 6.10. The van der Waals surface area contributed by atoms with Gasteiger partial charge in [0.05, 0.1) is 24.7 Å². The average Bonchev–Trinajstić information content (AvgIpc) is 2.38. The Morgan fingerprint density at radius 3 is 2.67 bits per heavy atom. The number of hydrogen-bond donors (Lipinski definition) is 1. The molecular weight excluding hydrogens is 236 g/mol. The van der Waals surface area contributed by atoms with E-state index in [1.165, 1.54) is 6.07 Å². The second-order valence-electron chi connectivity index (χ2n) is 3.61. The van der Waals surface area contributed by atoms with E-state index in [4.69, 9.17) is 9.47 Å². The van der Waals surface area contributed by atoms with E-state index < -0.39 is 4.92 Å². The third-order valence-corrected chi connectivity index (χ3v) is 2.37. The number of nitro benzene ring substituents is 1. The van der Waals surface area contributed by atoms with Gasteiger partial charge in [-0.2, -0.15) is 0 Å². The summed E-state index contributed by atoms with van der Waals surface area (Å²) in [4.78, 5) is 10.3. The zero-order chi connectivity index (χ0) is 13.4. The third kappa shape index (κ3) is 4.31. The molecule has 0 radical (unpaired) electrons. The van der Waals surface area contributed by atoms with Gasteiger partial charge in [0.1, 0.15) is 5.69 Å². The summed E-state index contributed by atoms with van der Waals surface area (Å²) in [6.07, 6.45) is 0. The van der Waals surface area contributed by atoms with Crippen LogP contribution in [0.5, 0.6) is 0 Å². The Labute approximate surface area is 106 Å². The van der Waals surface area contributed by atoms with E-state index in [0.29, 0.717) is 32.1 Å². The van der Waals surface area contributed by atoms with Crippen LogP contribution in [0.3, 0.4) is 0 Å². The van der Waals surface area contributed by atoms with Crippen LogP contribution in [0.15, 0.2) is 18.2 Å². The molecule has 0 aromatic heterocycles. The molecule has 0 aliphatic heterocycles. The molecule has 1 aromatic rings. The Morgan fingerprint density at radius 2 is 2.06 bits per heavy atom. The van der Waals surface area contributed by atoms with Crippen molar-refractivity contribution in [3.63, 3.8) is 0 Å². The van der Waals surface area contributed by atoms with Gasteiger partial charge in [0.2, 0.25) is 0 Å². The monoisotopic (exact) mass is 254 g/mol. The van der Waals surface area contributed by atoms with Gasteiger partial charge in [0, 0.05) is 19.7 Å². The van der Waals surface area contributed by atoms with Crippen LogP contribution < -0.4 is 5.32 Å². The molecule has 1 rings (SSSR count). The number of nitro groups is 1. The second-order valence-corrected chi connectivity index (χ2v) is 3.61. The van der Waals surface area contributed by atoms with Crippen LogP contribution in [0.4, 0.5) is 11.4 Å². The van der Waals surface area contributed by atoms with Crippen LogP contribution in [0.25, 0.3) is 0 Å². The Bertz CT molecular complexity index is 396. The lowest BCUT2D eigenvalue weighted by Gasteiger charge is -2.07. The first-order valence-corrected chi connectivity index (χ1v) is 5.79. The summed E-state index contributed by atoms with van der Waals surface area (Å²) in [5.74, 6) is 0. The van der Waals surface area contributed by atoms with Gasteiger partial charge in [0.25, 0.3) is 5.69 Å². The van der Waals surface area contributed by atoms with E-state index in [1.54, 1.807) is 19.2 Å². The maximum atomic E-state index is 10.7. The predicted octanol–water partition coefficient (Wildman–Crippen LogP) is 2.19. The molecule has 1 aromatic carbocycles. The Balaban J connectivity index is 2.54. The lowest BCUT2D eigenvalue weighted by molar-refractivity contribution is -0.384. The van der Waals surface area contributed by atoms with Crippen molar-refractivity contribution in [2.75, 3.05) is 32.2 Å². The fraction of sp³-hybridized carbons (Fsp3) is 0.500. The molecule has 0 spiro atoms.